The molecule has 2 saturated carbocycles. The molecular formula is C11H14O4. The van der Waals surface area contributed by atoms with Crippen molar-refractivity contribution >= 4 is 11.8 Å². The highest BCUT2D eigenvalue weighted by molar-refractivity contribution is 6.01. The SMILES string of the molecule is O=C(O)CC/C(O)=C1\C(=O)C2CCC1C2. The Hall–Kier alpha value is -1.32. The molecule has 0 radical (unpaired) electrons. The van der Waals surface area contributed by atoms with Crippen LogP contribution in [0.3, 0.4) is 0 Å². The Morgan fingerprint density at radius 1 is 1.20 bits per heavy atom. The molecule has 4 nitrogen and oxygen atoms in total. The monoisotopic (exact) mass is 210 g/mol. The van der Waals surface area contributed by atoms with Gasteiger partial charge in [0.2, 0.25) is 0 Å². The van der Waals surface area contributed by atoms with Crippen LogP contribution in [0.2, 0.25) is 0 Å². The van der Waals surface area contributed by atoms with Gasteiger partial charge >= 0.3 is 5.97 Å². The van der Waals surface area contributed by atoms with Crippen LogP contribution >= 0.6 is 0 Å². The van der Waals surface area contributed by atoms with Gasteiger partial charge < -0.3 is 10.2 Å². The molecule has 4 heteroatoms. The number of ketones is 1. The van der Waals surface area contributed by atoms with Crippen LogP contribution in [0.25, 0.3) is 0 Å². The molecule has 2 aliphatic rings. The highest BCUT2D eigenvalue weighted by Gasteiger charge is 2.44. The highest BCUT2D eigenvalue weighted by Crippen LogP contribution is 2.46. The van der Waals surface area contributed by atoms with Gasteiger partial charge in [-0.15, -0.1) is 0 Å². The second kappa shape index (κ2) is 3.68. The largest absolute Gasteiger partial charge is 0.512 e. The smallest absolute Gasteiger partial charge is 0.303 e. The lowest BCUT2D eigenvalue weighted by Gasteiger charge is -2.13. The van der Waals surface area contributed by atoms with Gasteiger partial charge in [-0.2, -0.15) is 0 Å². The summed E-state index contributed by atoms with van der Waals surface area (Å²) in [6, 6.07) is 0. The van der Waals surface area contributed by atoms with Crippen molar-refractivity contribution in [1.82, 2.24) is 0 Å². The predicted molar refractivity (Wildman–Crippen MR) is 52.4 cm³/mol. The lowest BCUT2D eigenvalue weighted by atomic mass is 9.91. The van der Waals surface area contributed by atoms with E-state index in [-0.39, 0.29) is 36.2 Å². The van der Waals surface area contributed by atoms with Crippen LogP contribution in [-0.2, 0) is 9.59 Å². The van der Waals surface area contributed by atoms with E-state index in [2.05, 4.69) is 0 Å². The van der Waals surface area contributed by atoms with E-state index in [0.717, 1.165) is 19.3 Å². The summed E-state index contributed by atoms with van der Waals surface area (Å²) in [5, 5.41) is 18.2. The Labute approximate surface area is 87.6 Å². The van der Waals surface area contributed by atoms with E-state index < -0.39 is 5.97 Å². The first-order valence-electron chi connectivity index (χ1n) is 5.27. The fourth-order valence-electron chi connectivity index (χ4n) is 2.64. The third-order valence-electron chi connectivity index (χ3n) is 3.36. The van der Waals surface area contributed by atoms with Gasteiger partial charge in [0, 0.05) is 17.9 Å². The molecular weight excluding hydrogens is 196 g/mol. The van der Waals surface area contributed by atoms with Gasteiger partial charge in [0.15, 0.2) is 5.78 Å². The van der Waals surface area contributed by atoms with Crippen LogP contribution < -0.4 is 0 Å². The summed E-state index contributed by atoms with van der Waals surface area (Å²) in [5.41, 5.74) is 0.521. The molecule has 2 fully saturated rings. The predicted octanol–water partition coefficient (Wildman–Crippen LogP) is 1.66. The molecule has 2 aliphatic carbocycles. The minimum atomic E-state index is -0.947. The van der Waals surface area contributed by atoms with Gasteiger partial charge in [0.05, 0.1) is 12.2 Å². The zero-order chi connectivity index (χ0) is 11.0. The van der Waals surface area contributed by atoms with Crippen LogP contribution in [0.1, 0.15) is 32.1 Å². The second-order valence-corrected chi connectivity index (χ2v) is 4.33. The Balaban J connectivity index is 2.11. The minimum absolute atomic E-state index is 0.00889. The highest BCUT2D eigenvalue weighted by atomic mass is 16.4. The summed E-state index contributed by atoms with van der Waals surface area (Å²) < 4.78 is 0. The van der Waals surface area contributed by atoms with Gasteiger partial charge in [0.25, 0.3) is 0 Å². The fourth-order valence-corrected chi connectivity index (χ4v) is 2.64. The van der Waals surface area contributed by atoms with E-state index in [0.29, 0.717) is 5.57 Å². The molecule has 0 aliphatic heterocycles. The van der Waals surface area contributed by atoms with E-state index in [1.165, 1.54) is 0 Å². The molecule has 2 unspecified atom stereocenters. The molecule has 0 aromatic heterocycles. The van der Waals surface area contributed by atoms with Gasteiger partial charge in [-0.3, -0.25) is 9.59 Å². The number of aliphatic carboxylic acids is 1. The molecule has 2 bridgehead atoms. The molecule has 2 rings (SSSR count). The van der Waals surface area contributed by atoms with Gasteiger partial charge in [-0.25, -0.2) is 0 Å². The van der Waals surface area contributed by atoms with E-state index >= 15 is 0 Å². The van der Waals surface area contributed by atoms with E-state index in [4.69, 9.17) is 5.11 Å². The van der Waals surface area contributed by atoms with Crippen LogP contribution in [-0.4, -0.2) is 22.0 Å². The number of Topliss-reactive ketones (excluding diaryl/α,β-unsaturated/α-hetero) is 1. The van der Waals surface area contributed by atoms with E-state index in [9.17, 15) is 14.7 Å². The average molecular weight is 210 g/mol. The molecule has 0 spiro atoms. The van der Waals surface area contributed by atoms with Crippen LogP contribution in [0.4, 0.5) is 0 Å². The van der Waals surface area contributed by atoms with E-state index in [1.54, 1.807) is 0 Å². The topological polar surface area (TPSA) is 74.6 Å². The Bertz CT molecular complexity index is 342. The van der Waals surface area contributed by atoms with Crippen molar-refractivity contribution in [1.29, 1.82) is 0 Å². The molecule has 0 amide bonds. The molecule has 15 heavy (non-hydrogen) atoms. The van der Waals surface area contributed by atoms with Crippen LogP contribution in [0, 0.1) is 11.8 Å². The summed E-state index contributed by atoms with van der Waals surface area (Å²) in [5.74, 6) is -0.602. The summed E-state index contributed by atoms with van der Waals surface area (Å²) in [6.45, 7) is 0. The molecule has 0 heterocycles. The summed E-state index contributed by atoms with van der Waals surface area (Å²) in [7, 11) is 0. The first-order chi connectivity index (χ1) is 7.09. The Morgan fingerprint density at radius 3 is 2.40 bits per heavy atom. The maximum Gasteiger partial charge on any atom is 0.303 e. The Morgan fingerprint density at radius 2 is 1.87 bits per heavy atom. The summed E-state index contributed by atoms with van der Waals surface area (Å²) in [6.07, 6.45) is 2.72. The first-order valence-corrected chi connectivity index (χ1v) is 5.27. The number of hydrogen-bond acceptors (Lipinski definition) is 3. The molecule has 82 valence electrons. The number of fused-ring (bicyclic) bond motifs is 2. The minimum Gasteiger partial charge on any atom is -0.512 e. The second-order valence-electron chi connectivity index (χ2n) is 4.33. The molecule has 0 aromatic rings. The third kappa shape index (κ3) is 1.76. The van der Waals surface area contributed by atoms with Gasteiger partial charge in [0.1, 0.15) is 0 Å². The van der Waals surface area contributed by atoms with Crippen LogP contribution in [0.5, 0.6) is 0 Å². The number of allylic oxidation sites excluding steroid dienone is 2. The number of carboxylic acid groups (broad SMARTS) is 1. The number of carbonyl (C=O) groups is 2. The fraction of sp³-hybridized carbons (Fsp3) is 0.636. The van der Waals surface area contributed by atoms with Crippen molar-refractivity contribution in [2.24, 2.45) is 11.8 Å². The maximum atomic E-state index is 11.7. The zero-order valence-corrected chi connectivity index (χ0v) is 8.40. The van der Waals surface area contributed by atoms with Crippen molar-refractivity contribution in [2.75, 3.05) is 0 Å². The maximum absolute atomic E-state index is 11.7. The average Bonchev–Trinajstić information content (AvgIpc) is 2.74. The molecule has 2 atom stereocenters. The Kier molecular flexibility index (Phi) is 2.50. The quantitative estimate of drug-likeness (QED) is 0.548. The molecule has 0 aromatic carbocycles. The lowest BCUT2D eigenvalue weighted by molar-refractivity contribution is -0.137. The first kappa shape index (κ1) is 10.2. The van der Waals surface area contributed by atoms with Gasteiger partial charge in [-0.05, 0) is 25.2 Å². The van der Waals surface area contributed by atoms with Crippen molar-refractivity contribution in [3.63, 3.8) is 0 Å². The number of hydrogen-bond donors (Lipinski definition) is 2. The third-order valence-corrected chi connectivity index (χ3v) is 3.36. The number of aliphatic hydroxyl groups excluding tert-OH is 1. The number of aliphatic hydroxyl groups is 1. The standard InChI is InChI=1S/C11H14O4/c12-8(3-4-9(13)14)10-6-1-2-7(5-6)11(10)15/h6-7,12H,1-5H2,(H,13,14)/b10-8+. The van der Waals surface area contributed by atoms with Crippen LogP contribution in [0.15, 0.2) is 11.3 Å². The zero-order valence-electron chi connectivity index (χ0n) is 8.40. The lowest BCUT2D eigenvalue weighted by Crippen LogP contribution is -2.15. The molecule has 2 N–H and O–H groups in total. The molecule has 0 saturated heterocycles. The number of carboxylic acids is 1. The number of carbonyl (C=O) groups excluding carboxylic acids is 1. The van der Waals surface area contributed by atoms with Crippen molar-refractivity contribution in [2.45, 2.75) is 32.1 Å². The summed E-state index contributed by atoms with van der Waals surface area (Å²) in [4.78, 5) is 22.0. The number of rotatable bonds is 3. The van der Waals surface area contributed by atoms with E-state index in [1.807, 2.05) is 0 Å². The van der Waals surface area contributed by atoms with Crippen molar-refractivity contribution in [3.8, 4) is 0 Å². The summed E-state index contributed by atoms with van der Waals surface area (Å²) >= 11 is 0. The normalized spacial score (nSPS) is 32.1. The van der Waals surface area contributed by atoms with Crippen molar-refractivity contribution < 1.29 is 19.8 Å². The van der Waals surface area contributed by atoms with Crippen molar-refractivity contribution in [3.05, 3.63) is 11.3 Å². The van der Waals surface area contributed by atoms with Gasteiger partial charge in [-0.1, -0.05) is 0 Å².